The van der Waals surface area contributed by atoms with Crippen molar-refractivity contribution in [2.45, 2.75) is 75.6 Å². The van der Waals surface area contributed by atoms with Gasteiger partial charge in [0.2, 0.25) is 10.0 Å². The maximum atomic E-state index is 14.1. The molecule has 1 aromatic rings. The van der Waals surface area contributed by atoms with Crippen LogP contribution in [0.15, 0.2) is 12.1 Å². The van der Waals surface area contributed by atoms with Crippen molar-refractivity contribution in [3.05, 3.63) is 23.6 Å². The number of carbonyl (C=O) groups excluding carboxylic acids is 1. The molecule has 1 aliphatic carbocycles. The number of hydrogen-bond acceptors (Lipinski definition) is 7. The molecule has 11 heteroatoms. The van der Waals surface area contributed by atoms with Crippen LogP contribution in [-0.4, -0.2) is 74.7 Å². The summed E-state index contributed by atoms with van der Waals surface area (Å²) in [5, 5.41) is 0. The highest BCUT2D eigenvalue weighted by molar-refractivity contribution is 7.88. The van der Waals surface area contributed by atoms with Crippen molar-refractivity contribution in [2.24, 2.45) is 0 Å². The summed E-state index contributed by atoms with van der Waals surface area (Å²) in [7, 11) is -3.45. The Morgan fingerprint density at radius 2 is 1.88 bits per heavy atom. The lowest BCUT2D eigenvalue weighted by Gasteiger charge is -2.33. The van der Waals surface area contributed by atoms with Gasteiger partial charge in [-0.15, -0.1) is 0 Å². The van der Waals surface area contributed by atoms with E-state index in [0.29, 0.717) is 12.8 Å². The molecule has 0 unspecified atom stereocenters. The molecular formula is C22H32FN3O6S. The van der Waals surface area contributed by atoms with Crippen molar-refractivity contribution in [3.63, 3.8) is 0 Å². The van der Waals surface area contributed by atoms with Gasteiger partial charge in [-0.3, -0.25) is 4.90 Å². The third-order valence-electron chi connectivity index (χ3n) is 6.65. The Balaban J connectivity index is 1.53. The van der Waals surface area contributed by atoms with Crippen molar-refractivity contribution in [1.29, 1.82) is 0 Å². The Morgan fingerprint density at radius 1 is 1.15 bits per heavy atom. The fraction of sp³-hybridized carbons (Fsp3) is 0.727. The molecule has 0 radical (unpaired) electrons. The number of fused-ring (bicyclic) bond motifs is 8. The Bertz CT molecular complexity index is 953. The minimum Gasteiger partial charge on any atom is -0.475 e. The third kappa shape index (κ3) is 5.93. The standard InChI is InChI=1S/C22H32FN3O6S/c1-14-12-19(25-33(2,28)29)20-13-32-16-6-4-15(5-7-16)18-9-8-17(23)21(24-18)30-10-3-11-31-22(27)26(14)20/h8-9,14-16,19-20,25H,3-7,10-13H2,1-2H3/t14-,15?,16?,19+,20+/m1/s1. The molecule has 1 saturated heterocycles. The van der Waals surface area contributed by atoms with Crippen molar-refractivity contribution >= 4 is 16.1 Å². The van der Waals surface area contributed by atoms with E-state index in [-0.39, 0.29) is 43.8 Å². The molecule has 0 spiro atoms. The van der Waals surface area contributed by atoms with Crippen LogP contribution in [-0.2, 0) is 19.5 Å². The van der Waals surface area contributed by atoms with Gasteiger partial charge >= 0.3 is 6.09 Å². The highest BCUT2D eigenvalue weighted by atomic mass is 32.2. The minimum atomic E-state index is -3.45. The van der Waals surface area contributed by atoms with Crippen LogP contribution < -0.4 is 9.46 Å². The molecule has 1 amide bonds. The van der Waals surface area contributed by atoms with E-state index >= 15 is 0 Å². The van der Waals surface area contributed by atoms with E-state index in [0.717, 1.165) is 37.6 Å². The van der Waals surface area contributed by atoms with Gasteiger partial charge in [0, 0.05) is 30.1 Å². The normalized spacial score (nSPS) is 31.4. The Hall–Kier alpha value is -1.98. The predicted molar refractivity (Wildman–Crippen MR) is 118 cm³/mol. The summed E-state index contributed by atoms with van der Waals surface area (Å²) in [5.41, 5.74) is 0.814. The highest BCUT2D eigenvalue weighted by Crippen LogP contribution is 2.35. The number of amides is 1. The van der Waals surface area contributed by atoms with Gasteiger partial charge in [0.15, 0.2) is 5.82 Å². The smallest absolute Gasteiger partial charge is 0.410 e. The van der Waals surface area contributed by atoms with Gasteiger partial charge in [-0.05, 0) is 51.2 Å². The lowest BCUT2D eigenvalue weighted by molar-refractivity contribution is -0.0107. The number of nitrogens with one attached hydrogen (secondary N) is 1. The van der Waals surface area contributed by atoms with E-state index in [4.69, 9.17) is 14.2 Å². The van der Waals surface area contributed by atoms with Gasteiger partial charge < -0.3 is 14.2 Å². The van der Waals surface area contributed by atoms with Crippen LogP contribution in [0.5, 0.6) is 5.88 Å². The second kappa shape index (κ2) is 10.1. The molecule has 1 saturated carbocycles. The molecule has 1 aromatic heterocycles. The van der Waals surface area contributed by atoms with Crippen LogP contribution in [0.25, 0.3) is 0 Å². The summed E-state index contributed by atoms with van der Waals surface area (Å²) in [6.07, 6.45) is 4.75. The molecule has 33 heavy (non-hydrogen) atoms. The maximum absolute atomic E-state index is 14.1. The van der Waals surface area contributed by atoms with Crippen LogP contribution in [0.4, 0.5) is 9.18 Å². The molecule has 3 atom stereocenters. The predicted octanol–water partition coefficient (Wildman–Crippen LogP) is 2.56. The summed E-state index contributed by atoms with van der Waals surface area (Å²) < 4.78 is 57.8. The van der Waals surface area contributed by atoms with Crippen molar-refractivity contribution in [3.8, 4) is 5.88 Å². The van der Waals surface area contributed by atoms with E-state index in [2.05, 4.69) is 9.71 Å². The van der Waals surface area contributed by atoms with Crippen molar-refractivity contribution in [2.75, 3.05) is 26.1 Å². The number of halogens is 1. The molecule has 0 aromatic carbocycles. The number of nitrogens with zero attached hydrogens (tertiary/aromatic N) is 2. The summed E-state index contributed by atoms with van der Waals surface area (Å²) in [4.78, 5) is 18.9. The second-order valence-electron chi connectivity index (χ2n) is 9.20. The average molecular weight is 486 g/mol. The molecule has 3 aliphatic heterocycles. The van der Waals surface area contributed by atoms with Crippen LogP contribution in [0.2, 0.25) is 0 Å². The van der Waals surface area contributed by atoms with Crippen LogP contribution >= 0.6 is 0 Å². The van der Waals surface area contributed by atoms with E-state index < -0.39 is 34.0 Å². The molecule has 2 fully saturated rings. The van der Waals surface area contributed by atoms with Gasteiger partial charge in [-0.2, -0.15) is 0 Å². The van der Waals surface area contributed by atoms with Crippen LogP contribution in [0.3, 0.4) is 0 Å². The Labute approximate surface area is 194 Å². The third-order valence-corrected chi connectivity index (χ3v) is 7.38. The van der Waals surface area contributed by atoms with Gasteiger partial charge in [0.25, 0.3) is 5.88 Å². The average Bonchev–Trinajstić information content (AvgIpc) is 3.06. The van der Waals surface area contributed by atoms with Crippen LogP contribution in [0, 0.1) is 5.82 Å². The number of rotatable bonds is 2. The lowest BCUT2D eigenvalue weighted by atomic mass is 9.85. The fourth-order valence-electron chi connectivity index (χ4n) is 5.06. The zero-order chi connectivity index (χ0) is 23.6. The second-order valence-corrected chi connectivity index (χ2v) is 11.0. The summed E-state index contributed by atoms with van der Waals surface area (Å²) >= 11 is 0. The van der Waals surface area contributed by atoms with E-state index in [1.54, 1.807) is 11.0 Å². The first-order valence-corrected chi connectivity index (χ1v) is 13.4. The molecule has 4 bridgehead atoms. The topological polar surface area (TPSA) is 107 Å². The lowest BCUT2D eigenvalue weighted by Crippen LogP contribution is -2.50. The number of sulfonamides is 1. The SMILES string of the molecule is C[C@@H]1C[C@H](NS(C)(=O)=O)[C@@H]2COC3CCC(CC3)c3ccc(F)c(n3)OCCCOC(=O)N12. The summed E-state index contributed by atoms with van der Waals surface area (Å²) in [6.45, 7) is 2.35. The molecular weight excluding hydrogens is 453 g/mol. The zero-order valence-electron chi connectivity index (χ0n) is 19.0. The first-order valence-electron chi connectivity index (χ1n) is 11.5. The van der Waals surface area contributed by atoms with E-state index in [1.165, 1.54) is 6.07 Å². The van der Waals surface area contributed by atoms with Crippen LogP contribution in [0.1, 0.15) is 57.1 Å². The fourth-order valence-corrected chi connectivity index (χ4v) is 5.86. The number of aromatic nitrogens is 1. The maximum Gasteiger partial charge on any atom is 0.410 e. The minimum absolute atomic E-state index is 0.000706. The molecule has 4 heterocycles. The Morgan fingerprint density at radius 3 is 2.61 bits per heavy atom. The van der Waals surface area contributed by atoms with E-state index in [1.807, 2.05) is 6.92 Å². The molecule has 4 aliphatic rings. The number of carbonyl (C=O) groups is 1. The monoisotopic (exact) mass is 485 g/mol. The van der Waals surface area contributed by atoms with Gasteiger partial charge in [0.1, 0.15) is 0 Å². The van der Waals surface area contributed by atoms with E-state index in [9.17, 15) is 17.6 Å². The van der Waals surface area contributed by atoms with Gasteiger partial charge in [-0.1, -0.05) is 0 Å². The number of pyridine rings is 1. The quantitative estimate of drug-likeness (QED) is 0.686. The highest BCUT2D eigenvalue weighted by Gasteiger charge is 2.44. The molecule has 9 nitrogen and oxygen atoms in total. The molecule has 184 valence electrons. The first kappa shape index (κ1) is 24.2. The summed E-state index contributed by atoms with van der Waals surface area (Å²) in [6, 6.07) is 1.98. The molecule has 5 rings (SSSR count). The Kier molecular flexibility index (Phi) is 7.40. The summed E-state index contributed by atoms with van der Waals surface area (Å²) in [5.74, 6) is -0.329. The largest absolute Gasteiger partial charge is 0.475 e. The molecule has 1 N–H and O–H groups in total. The van der Waals surface area contributed by atoms with Gasteiger partial charge in [0.05, 0.1) is 38.2 Å². The first-order chi connectivity index (χ1) is 15.7. The van der Waals surface area contributed by atoms with Crippen molar-refractivity contribution < 1.29 is 31.8 Å². The number of hydrogen-bond donors (Lipinski definition) is 1. The van der Waals surface area contributed by atoms with Crippen molar-refractivity contribution in [1.82, 2.24) is 14.6 Å². The van der Waals surface area contributed by atoms with Gasteiger partial charge in [-0.25, -0.2) is 27.3 Å². The zero-order valence-corrected chi connectivity index (χ0v) is 19.9. The number of ether oxygens (including phenoxy) is 3.